The first-order valence-corrected chi connectivity index (χ1v) is 6.77. The van der Waals surface area contributed by atoms with Crippen molar-refractivity contribution in [1.29, 1.82) is 0 Å². The lowest BCUT2D eigenvalue weighted by molar-refractivity contribution is 0.151. The van der Waals surface area contributed by atoms with Gasteiger partial charge in [-0.1, -0.05) is 6.92 Å². The molecule has 0 aromatic carbocycles. The van der Waals surface area contributed by atoms with Gasteiger partial charge in [0.2, 0.25) is 0 Å². The zero-order valence-electron chi connectivity index (χ0n) is 11.7. The van der Waals surface area contributed by atoms with Crippen LogP contribution in [0.25, 0.3) is 0 Å². The third kappa shape index (κ3) is 3.34. The fraction of sp³-hybridized carbons (Fsp3) is 0.714. The standard InChI is InChI=1S/C14H24N2O2/c1-4-15-8-14-11(2)7-13(18-14)9-16(3)12-5-6-17-10-12/h7,12,15H,4-6,8-10H2,1-3H3. The van der Waals surface area contributed by atoms with E-state index in [4.69, 9.17) is 9.15 Å². The molecule has 4 nitrogen and oxygen atoms in total. The number of ether oxygens (including phenoxy) is 1. The average molecular weight is 252 g/mol. The van der Waals surface area contributed by atoms with Crippen LogP contribution in [-0.2, 0) is 17.8 Å². The summed E-state index contributed by atoms with van der Waals surface area (Å²) in [5.74, 6) is 2.11. The van der Waals surface area contributed by atoms with Gasteiger partial charge < -0.3 is 14.5 Å². The predicted molar refractivity (Wildman–Crippen MR) is 71.5 cm³/mol. The Bertz CT molecular complexity index is 370. The minimum Gasteiger partial charge on any atom is -0.463 e. The van der Waals surface area contributed by atoms with Gasteiger partial charge in [-0.25, -0.2) is 0 Å². The molecule has 1 aliphatic heterocycles. The molecule has 102 valence electrons. The van der Waals surface area contributed by atoms with Crippen molar-refractivity contribution in [2.45, 2.75) is 39.4 Å². The van der Waals surface area contributed by atoms with Crippen molar-refractivity contribution in [3.63, 3.8) is 0 Å². The largest absolute Gasteiger partial charge is 0.463 e. The summed E-state index contributed by atoms with van der Waals surface area (Å²) in [6.07, 6.45) is 1.13. The number of furan rings is 1. The van der Waals surface area contributed by atoms with Gasteiger partial charge in [0.05, 0.1) is 19.7 Å². The third-order valence-electron chi connectivity index (χ3n) is 3.54. The molecule has 1 N–H and O–H groups in total. The Morgan fingerprint density at radius 1 is 1.50 bits per heavy atom. The smallest absolute Gasteiger partial charge is 0.120 e. The molecule has 1 atom stereocenters. The summed E-state index contributed by atoms with van der Waals surface area (Å²) in [4.78, 5) is 2.32. The topological polar surface area (TPSA) is 37.6 Å². The number of nitrogens with one attached hydrogen (secondary N) is 1. The highest BCUT2D eigenvalue weighted by molar-refractivity contribution is 5.20. The van der Waals surface area contributed by atoms with Crippen LogP contribution in [0.3, 0.4) is 0 Å². The van der Waals surface area contributed by atoms with E-state index in [1.807, 2.05) is 0 Å². The molecule has 1 unspecified atom stereocenters. The molecule has 0 aliphatic carbocycles. The molecule has 1 aliphatic rings. The SMILES string of the molecule is CCNCc1oc(CN(C)C2CCOC2)cc1C. The van der Waals surface area contributed by atoms with E-state index in [0.29, 0.717) is 6.04 Å². The minimum absolute atomic E-state index is 0.535. The summed E-state index contributed by atoms with van der Waals surface area (Å²) in [7, 11) is 2.14. The minimum atomic E-state index is 0.535. The molecule has 2 rings (SSSR count). The average Bonchev–Trinajstić information content (AvgIpc) is 2.96. The molecule has 4 heteroatoms. The molecule has 0 amide bonds. The fourth-order valence-electron chi connectivity index (χ4n) is 2.33. The van der Waals surface area contributed by atoms with Gasteiger partial charge in [-0.3, -0.25) is 4.90 Å². The lowest BCUT2D eigenvalue weighted by Gasteiger charge is -2.21. The predicted octanol–water partition coefficient (Wildman–Crippen LogP) is 1.92. The second kappa shape index (κ2) is 6.36. The van der Waals surface area contributed by atoms with Gasteiger partial charge in [0.1, 0.15) is 11.5 Å². The van der Waals surface area contributed by atoms with Gasteiger partial charge in [0.15, 0.2) is 0 Å². The van der Waals surface area contributed by atoms with Crippen LogP contribution in [0.4, 0.5) is 0 Å². The number of likely N-dealkylation sites (N-methyl/N-ethyl adjacent to an activating group) is 1. The Morgan fingerprint density at radius 3 is 3.00 bits per heavy atom. The van der Waals surface area contributed by atoms with Crippen molar-refractivity contribution in [2.75, 3.05) is 26.8 Å². The van der Waals surface area contributed by atoms with Crippen molar-refractivity contribution in [2.24, 2.45) is 0 Å². The van der Waals surface area contributed by atoms with E-state index in [1.54, 1.807) is 0 Å². The molecule has 1 aromatic heterocycles. The van der Waals surface area contributed by atoms with Gasteiger partial charge in [0.25, 0.3) is 0 Å². The zero-order valence-corrected chi connectivity index (χ0v) is 11.7. The molecule has 18 heavy (non-hydrogen) atoms. The highest BCUT2D eigenvalue weighted by atomic mass is 16.5. The van der Waals surface area contributed by atoms with Crippen molar-refractivity contribution in [1.82, 2.24) is 10.2 Å². The molecule has 0 saturated carbocycles. The van der Waals surface area contributed by atoms with E-state index in [2.05, 4.69) is 37.2 Å². The Labute approximate surface area is 109 Å². The van der Waals surface area contributed by atoms with E-state index < -0.39 is 0 Å². The van der Waals surface area contributed by atoms with E-state index in [1.165, 1.54) is 5.56 Å². The van der Waals surface area contributed by atoms with Gasteiger partial charge in [0, 0.05) is 12.6 Å². The molecule has 1 aromatic rings. The molecule has 0 spiro atoms. The molecule has 2 heterocycles. The third-order valence-corrected chi connectivity index (χ3v) is 3.54. The van der Waals surface area contributed by atoms with Crippen LogP contribution in [0.15, 0.2) is 10.5 Å². The molecular formula is C14H24N2O2. The van der Waals surface area contributed by atoms with Gasteiger partial charge in [-0.15, -0.1) is 0 Å². The van der Waals surface area contributed by atoms with Crippen LogP contribution < -0.4 is 5.32 Å². The van der Waals surface area contributed by atoms with Crippen LogP contribution in [0, 0.1) is 6.92 Å². The van der Waals surface area contributed by atoms with Crippen molar-refractivity contribution in [3.05, 3.63) is 23.2 Å². The highest BCUT2D eigenvalue weighted by Gasteiger charge is 2.21. The second-order valence-corrected chi connectivity index (χ2v) is 5.03. The summed E-state index contributed by atoms with van der Waals surface area (Å²) < 4.78 is 11.3. The second-order valence-electron chi connectivity index (χ2n) is 5.03. The van der Waals surface area contributed by atoms with Crippen LogP contribution in [-0.4, -0.2) is 37.7 Å². The summed E-state index contributed by atoms with van der Waals surface area (Å²) in [5, 5.41) is 3.30. The van der Waals surface area contributed by atoms with Gasteiger partial charge in [-0.2, -0.15) is 0 Å². The Kier molecular flexibility index (Phi) is 4.80. The Balaban J connectivity index is 1.92. The monoisotopic (exact) mass is 252 g/mol. The molecule has 0 bridgehead atoms. The van der Waals surface area contributed by atoms with Gasteiger partial charge in [-0.05, 0) is 38.6 Å². The number of aryl methyl sites for hydroxylation is 1. The maximum atomic E-state index is 5.90. The summed E-state index contributed by atoms with van der Waals surface area (Å²) >= 11 is 0. The number of hydrogen-bond donors (Lipinski definition) is 1. The quantitative estimate of drug-likeness (QED) is 0.839. The summed E-state index contributed by atoms with van der Waals surface area (Å²) in [6, 6.07) is 2.69. The number of hydrogen-bond acceptors (Lipinski definition) is 4. The lowest BCUT2D eigenvalue weighted by Crippen LogP contribution is -2.31. The van der Waals surface area contributed by atoms with Gasteiger partial charge >= 0.3 is 0 Å². The molecule has 0 radical (unpaired) electrons. The van der Waals surface area contributed by atoms with E-state index >= 15 is 0 Å². The fourth-order valence-corrected chi connectivity index (χ4v) is 2.33. The van der Waals surface area contributed by atoms with Crippen LogP contribution in [0.2, 0.25) is 0 Å². The maximum Gasteiger partial charge on any atom is 0.120 e. The number of nitrogens with zero attached hydrogens (tertiary/aromatic N) is 1. The first-order chi connectivity index (χ1) is 8.70. The van der Waals surface area contributed by atoms with Crippen LogP contribution in [0.5, 0.6) is 0 Å². The van der Waals surface area contributed by atoms with E-state index in [0.717, 1.165) is 50.8 Å². The van der Waals surface area contributed by atoms with Crippen molar-refractivity contribution >= 4 is 0 Å². The Hall–Kier alpha value is -0.840. The normalized spacial score (nSPS) is 19.9. The molecule has 1 saturated heterocycles. The maximum absolute atomic E-state index is 5.90. The first kappa shape index (κ1) is 13.6. The van der Waals surface area contributed by atoms with E-state index in [9.17, 15) is 0 Å². The molecule has 1 fully saturated rings. The Morgan fingerprint density at radius 2 is 2.33 bits per heavy atom. The number of rotatable bonds is 6. The first-order valence-electron chi connectivity index (χ1n) is 6.77. The van der Waals surface area contributed by atoms with Crippen molar-refractivity contribution in [3.8, 4) is 0 Å². The van der Waals surface area contributed by atoms with Crippen molar-refractivity contribution < 1.29 is 9.15 Å². The van der Waals surface area contributed by atoms with Crippen LogP contribution >= 0.6 is 0 Å². The molecular weight excluding hydrogens is 228 g/mol. The summed E-state index contributed by atoms with van der Waals surface area (Å²) in [6.45, 7) is 8.60. The van der Waals surface area contributed by atoms with E-state index in [-0.39, 0.29) is 0 Å². The zero-order chi connectivity index (χ0) is 13.0. The van der Waals surface area contributed by atoms with Crippen LogP contribution in [0.1, 0.15) is 30.4 Å². The summed E-state index contributed by atoms with van der Waals surface area (Å²) in [5.41, 5.74) is 1.24. The highest BCUT2D eigenvalue weighted by Crippen LogP contribution is 2.18. The lowest BCUT2D eigenvalue weighted by atomic mass is 10.2.